The quantitative estimate of drug-likeness (QED) is 0.392. The van der Waals surface area contributed by atoms with Crippen LogP contribution in [0, 0.1) is 16.2 Å². The molecule has 26 heavy (non-hydrogen) atoms. The Balaban J connectivity index is 2.12. The minimum atomic E-state index is -0.814. The fourth-order valence-corrected chi connectivity index (χ4v) is 3.28. The van der Waals surface area contributed by atoms with E-state index in [0.29, 0.717) is 24.8 Å². The molecule has 1 heterocycles. The lowest BCUT2D eigenvalue weighted by molar-refractivity contribution is -0.152. The Morgan fingerprint density at radius 1 is 1.31 bits per heavy atom. The van der Waals surface area contributed by atoms with E-state index in [2.05, 4.69) is 24.2 Å². The summed E-state index contributed by atoms with van der Waals surface area (Å²) < 4.78 is 5.59. The van der Waals surface area contributed by atoms with Crippen molar-refractivity contribution in [2.45, 2.75) is 64.9 Å². The van der Waals surface area contributed by atoms with Crippen molar-refractivity contribution in [2.24, 2.45) is 5.18 Å². The van der Waals surface area contributed by atoms with Gasteiger partial charge >= 0.3 is 5.97 Å². The summed E-state index contributed by atoms with van der Waals surface area (Å²) >= 11 is 0. The maximum absolute atomic E-state index is 12.6. The molecular weight excluding hydrogens is 328 g/mol. The van der Waals surface area contributed by atoms with Crippen LogP contribution in [-0.2, 0) is 9.53 Å². The Hall–Kier alpha value is -2.48. The maximum atomic E-state index is 12.6. The molecule has 138 valence electrons. The molecule has 0 unspecified atom stereocenters. The number of rotatable bonds is 5. The molecule has 0 bridgehead atoms. The van der Waals surface area contributed by atoms with Gasteiger partial charge in [-0.2, -0.15) is 10.2 Å². The number of esters is 1. The van der Waals surface area contributed by atoms with Gasteiger partial charge in [0.25, 0.3) is 0 Å². The standard InChI is InChI=1S/C21H26N2O3/c1-15-4-5-18(13-22)7-6-17(12-15)8-9-19-16(2)10-11-21(3,14-23-25)26-20(19)24/h4,6-7H,5,8-12,14H2,1-3H3/b15-4-,17-6-,18-7+/t21-/m1/s1. The highest BCUT2D eigenvalue weighted by Gasteiger charge is 2.34. The van der Waals surface area contributed by atoms with Gasteiger partial charge in [-0.1, -0.05) is 34.0 Å². The van der Waals surface area contributed by atoms with E-state index in [1.165, 1.54) is 11.1 Å². The molecule has 0 amide bonds. The van der Waals surface area contributed by atoms with Crippen molar-refractivity contribution in [2.75, 3.05) is 6.54 Å². The molecule has 1 atom stereocenters. The van der Waals surface area contributed by atoms with Crippen LogP contribution in [0.2, 0.25) is 0 Å². The predicted molar refractivity (Wildman–Crippen MR) is 101 cm³/mol. The molecule has 0 aromatic carbocycles. The van der Waals surface area contributed by atoms with E-state index < -0.39 is 5.60 Å². The fraction of sp³-hybridized carbons (Fsp3) is 0.524. The lowest BCUT2D eigenvalue weighted by Gasteiger charge is -2.24. The molecule has 0 fully saturated rings. The van der Waals surface area contributed by atoms with Gasteiger partial charge < -0.3 is 4.74 Å². The summed E-state index contributed by atoms with van der Waals surface area (Å²) in [6.45, 7) is 5.77. The molecule has 1 aliphatic carbocycles. The first-order valence-corrected chi connectivity index (χ1v) is 9.02. The third-order valence-electron chi connectivity index (χ3n) is 5.06. The predicted octanol–water partition coefficient (Wildman–Crippen LogP) is 5.06. The SMILES string of the molecule is CC1=C(CC/C2=C/C=C(/C#N)C/C=C(/C)C2)C(=O)O[C@@](C)(CN=O)CC1. The first kappa shape index (κ1) is 19.8. The average molecular weight is 354 g/mol. The Bertz CT molecular complexity index is 750. The van der Waals surface area contributed by atoms with E-state index in [1.54, 1.807) is 6.92 Å². The summed E-state index contributed by atoms with van der Waals surface area (Å²) in [6.07, 6.45) is 10.2. The molecule has 0 aromatic rings. The van der Waals surface area contributed by atoms with Crippen molar-refractivity contribution in [3.63, 3.8) is 0 Å². The highest BCUT2D eigenvalue weighted by atomic mass is 16.6. The normalized spacial score (nSPS) is 30.2. The van der Waals surface area contributed by atoms with Crippen LogP contribution in [0.4, 0.5) is 0 Å². The number of hydrogen-bond acceptors (Lipinski definition) is 5. The van der Waals surface area contributed by atoms with E-state index in [1.807, 2.05) is 19.1 Å². The number of carbonyl (C=O) groups is 1. The minimum Gasteiger partial charge on any atom is -0.454 e. The topological polar surface area (TPSA) is 79.5 Å². The number of nitrogens with zero attached hydrogens (tertiary/aromatic N) is 2. The molecule has 1 aliphatic heterocycles. The highest BCUT2D eigenvalue weighted by molar-refractivity contribution is 5.90. The second-order valence-electron chi connectivity index (χ2n) is 7.45. The molecule has 5 nitrogen and oxygen atoms in total. The lowest BCUT2D eigenvalue weighted by Crippen LogP contribution is -2.34. The second kappa shape index (κ2) is 8.75. The smallest absolute Gasteiger partial charge is 0.334 e. The molecule has 0 spiro atoms. The van der Waals surface area contributed by atoms with E-state index in [9.17, 15) is 9.70 Å². The number of carbonyl (C=O) groups excluding carboxylic acids is 1. The van der Waals surface area contributed by atoms with Crippen LogP contribution in [0.1, 0.15) is 59.3 Å². The van der Waals surface area contributed by atoms with Crippen molar-refractivity contribution >= 4 is 5.97 Å². The number of hydrogen-bond donors (Lipinski definition) is 0. The Kier molecular flexibility index (Phi) is 6.68. The van der Waals surface area contributed by atoms with Gasteiger partial charge in [0.2, 0.25) is 0 Å². The van der Waals surface area contributed by atoms with Crippen LogP contribution >= 0.6 is 0 Å². The van der Waals surface area contributed by atoms with E-state index >= 15 is 0 Å². The average Bonchev–Trinajstić information content (AvgIpc) is 2.67. The highest BCUT2D eigenvalue weighted by Crippen LogP contribution is 2.32. The first-order valence-electron chi connectivity index (χ1n) is 9.02. The summed E-state index contributed by atoms with van der Waals surface area (Å²) in [5.74, 6) is -0.335. The Morgan fingerprint density at radius 2 is 2.08 bits per heavy atom. The Labute approximate surface area is 155 Å². The van der Waals surface area contributed by atoms with Crippen molar-refractivity contribution < 1.29 is 9.53 Å². The monoisotopic (exact) mass is 354 g/mol. The van der Waals surface area contributed by atoms with Crippen LogP contribution in [0.15, 0.2) is 51.3 Å². The fourth-order valence-electron chi connectivity index (χ4n) is 3.28. The molecule has 0 N–H and O–H groups in total. The summed E-state index contributed by atoms with van der Waals surface area (Å²) in [7, 11) is 0. The zero-order chi connectivity index (χ0) is 19.2. The van der Waals surface area contributed by atoms with Crippen LogP contribution in [0.25, 0.3) is 0 Å². The Morgan fingerprint density at radius 3 is 2.77 bits per heavy atom. The number of ether oxygens (including phenoxy) is 1. The van der Waals surface area contributed by atoms with Gasteiger partial charge in [0.15, 0.2) is 0 Å². The van der Waals surface area contributed by atoms with Crippen LogP contribution in [0.3, 0.4) is 0 Å². The largest absolute Gasteiger partial charge is 0.454 e. The lowest BCUT2D eigenvalue weighted by atomic mass is 9.92. The molecule has 0 saturated carbocycles. The van der Waals surface area contributed by atoms with Crippen molar-refractivity contribution in [3.8, 4) is 6.07 Å². The van der Waals surface area contributed by atoms with Crippen LogP contribution in [0.5, 0.6) is 0 Å². The van der Waals surface area contributed by atoms with Gasteiger partial charge in [-0.05, 0) is 59.0 Å². The number of cyclic esters (lactones) is 1. The van der Waals surface area contributed by atoms with Gasteiger partial charge in [-0.15, -0.1) is 0 Å². The third-order valence-corrected chi connectivity index (χ3v) is 5.06. The van der Waals surface area contributed by atoms with Crippen molar-refractivity contribution in [1.29, 1.82) is 5.26 Å². The van der Waals surface area contributed by atoms with E-state index in [0.717, 1.165) is 30.4 Å². The number of nitriles is 1. The molecule has 5 heteroatoms. The molecule has 2 rings (SSSR count). The third kappa shape index (κ3) is 5.26. The molecule has 0 aromatic heterocycles. The molecule has 2 aliphatic rings. The summed E-state index contributed by atoms with van der Waals surface area (Å²) in [5.41, 5.74) is 4.08. The zero-order valence-electron chi connectivity index (χ0n) is 15.8. The maximum Gasteiger partial charge on any atom is 0.334 e. The van der Waals surface area contributed by atoms with Gasteiger partial charge in [-0.25, -0.2) is 4.79 Å². The van der Waals surface area contributed by atoms with Gasteiger partial charge in [0.1, 0.15) is 12.1 Å². The van der Waals surface area contributed by atoms with Gasteiger partial charge in [0, 0.05) is 17.6 Å². The molecule has 0 radical (unpaired) electrons. The summed E-state index contributed by atoms with van der Waals surface area (Å²) in [5, 5.41) is 12.1. The second-order valence-corrected chi connectivity index (χ2v) is 7.45. The first-order chi connectivity index (χ1) is 12.4. The summed E-state index contributed by atoms with van der Waals surface area (Å²) in [4.78, 5) is 23.2. The number of allylic oxidation sites excluding steroid dienone is 7. The molecule has 0 saturated heterocycles. The van der Waals surface area contributed by atoms with E-state index in [-0.39, 0.29) is 12.5 Å². The van der Waals surface area contributed by atoms with Crippen LogP contribution in [-0.4, -0.2) is 18.1 Å². The summed E-state index contributed by atoms with van der Waals surface area (Å²) in [6, 6.07) is 2.22. The minimum absolute atomic E-state index is 0.0177. The van der Waals surface area contributed by atoms with Gasteiger partial charge in [0.05, 0.1) is 6.07 Å². The van der Waals surface area contributed by atoms with Crippen molar-refractivity contribution in [3.05, 3.63) is 51.0 Å². The van der Waals surface area contributed by atoms with Gasteiger partial charge in [-0.3, -0.25) is 0 Å². The zero-order valence-corrected chi connectivity index (χ0v) is 15.8. The van der Waals surface area contributed by atoms with Crippen molar-refractivity contribution in [1.82, 2.24) is 0 Å². The molecular formula is C21H26N2O3. The van der Waals surface area contributed by atoms with E-state index in [4.69, 9.17) is 10.00 Å². The number of nitroso groups, excluding NO2 is 1. The van der Waals surface area contributed by atoms with Crippen LogP contribution < -0.4 is 0 Å².